The molecule has 0 aliphatic rings. The van der Waals surface area contributed by atoms with Gasteiger partial charge in [-0.2, -0.15) is 0 Å². The molecule has 1 aromatic carbocycles. The van der Waals surface area contributed by atoms with Crippen molar-refractivity contribution >= 4 is 29.0 Å². The highest BCUT2D eigenvalue weighted by molar-refractivity contribution is 6.33. The summed E-state index contributed by atoms with van der Waals surface area (Å²) in [5.74, 6) is -2.25. The average Bonchev–Trinajstić information content (AvgIpc) is 2.45. The molecule has 21 heavy (non-hydrogen) atoms. The molecule has 0 saturated carbocycles. The molecule has 2 aromatic rings. The Bertz CT molecular complexity index is 656. The number of benzene rings is 1. The zero-order chi connectivity index (χ0) is 15.4. The lowest BCUT2D eigenvalue weighted by Gasteiger charge is -2.10. The molecule has 110 valence electrons. The second kappa shape index (κ2) is 6.49. The standard InChI is InChI=1S/C14H12ClF2N3O/c1-2-18-12-10(16)6-8(7-11(12)17)14(21)20-13-9(15)4-3-5-19-13/h3-7,18H,2H2,1H3,(H,19,20,21). The minimum Gasteiger partial charge on any atom is -0.381 e. The molecule has 1 aromatic heterocycles. The van der Waals surface area contributed by atoms with Crippen molar-refractivity contribution in [3.63, 3.8) is 0 Å². The maximum Gasteiger partial charge on any atom is 0.257 e. The van der Waals surface area contributed by atoms with Crippen molar-refractivity contribution in [1.29, 1.82) is 0 Å². The highest BCUT2D eigenvalue weighted by Gasteiger charge is 2.16. The molecule has 0 radical (unpaired) electrons. The summed E-state index contributed by atoms with van der Waals surface area (Å²) in [6.07, 6.45) is 1.44. The Kier molecular flexibility index (Phi) is 4.70. The molecule has 4 nitrogen and oxygen atoms in total. The molecule has 0 fully saturated rings. The van der Waals surface area contributed by atoms with Crippen LogP contribution in [0.3, 0.4) is 0 Å². The van der Waals surface area contributed by atoms with Gasteiger partial charge in [0.05, 0.1) is 5.02 Å². The molecule has 0 aliphatic carbocycles. The molecule has 7 heteroatoms. The third kappa shape index (κ3) is 3.46. The molecule has 0 saturated heterocycles. The first-order chi connectivity index (χ1) is 10.0. The van der Waals surface area contributed by atoms with Gasteiger partial charge < -0.3 is 10.6 Å². The number of pyridine rings is 1. The van der Waals surface area contributed by atoms with E-state index < -0.39 is 17.5 Å². The monoisotopic (exact) mass is 311 g/mol. The average molecular weight is 312 g/mol. The van der Waals surface area contributed by atoms with E-state index in [1.165, 1.54) is 6.20 Å². The highest BCUT2D eigenvalue weighted by atomic mass is 35.5. The number of carbonyl (C=O) groups excluding carboxylic acids is 1. The van der Waals surface area contributed by atoms with Gasteiger partial charge in [-0.05, 0) is 31.2 Å². The lowest BCUT2D eigenvalue weighted by atomic mass is 10.1. The van der Waals surface area contributed by atoms with E-state index >= 15 is 0 Å². The van der Waals surface area contributed by atoms with Gasteiger partial charge >= 0.3 is 0 Å². The van der Waals surface area contributed by atoms with Crippen molar-refractivity contribution in [2.75, 3.05) is 17.2 Å². The molecular weight excluding hydrogens is 300 g/mol. The number of nitrogens with zero attached hydrogens (tertiary/aromatic N) is 1. The first-order valence-corrected chi connectivity index (χ1v) is 6.55. The first kappa shape index (κ1) is 15.2. The highest BCUT2D eigenvalue weighted by Crippen LogP contribution is 2.22. The fraction of sp³-hybridized carbons (Fsp3) is 0.143. The Balaban J connectivity index is 2.26. The second-order valence-corrected chi connectivity index (χ2v) is 4.54. The maximum atomic E-state index is 13.8. The van der Waals surface area contributed by atoms with Crippen LogP contribution in [0.2, 0.25) is 5.02 Å². The lowest BCUT2D eigenvalue weighted by Crippen LogP contribution is -2.15. The van der Waals surface area contributed by atoms with E-state index in [0.29, 0.717) is 6.54 Å². The van der Waals surface area contributed by atoms with Crippen LogP contribution in [-0.2, 0) is 0 Å². The zero-order valence-electron chi connectivity index (χ0n) is 11.1. The fourth-order valence-electron chi connectivity index (χ4n) is 1.71. The number of nitrogens with one attached hydrogen (secondary N) is 2. The molecule has 0 spiro atoms. The van der Waals surface area contributed by atoms with Crippen LogP contribution in [0.15, 0.2) is 30.5 Å². The molecule has 1 heterocycles. The molecular formula is C14H12ClF2N3O. The molecule has 0 atom stereocenters. The zero-order valence-corrected chi connectivity index (χ0v) is 11.8. The van der Waals surface area contributed by atoms with E-state index in [9.17, 15) is 13.6 Å². The number of hydrogen-bond acceptors (Lipinski definition) is 3. The summed E-state index contributed by atoms with van der Waals surface area (Å²) < 4.78 is 27.5. The minimum atomic E-state index is -0.839. The first-order valence-electron chi connectivity index (χ1n) is 6.17. The van der Waals surface area contributed by atoms with Gasteiger partial charge in [-0.25, -0.2) is 13.8 Å². The molecule has 0 bridgehead atoms. The van der Waals surface area contributed by atoms with E-state index in [4.69, 9.17) is 11.6 Å². The number of carbonyl (C=O) groups is 1. The Hall–Kier alpha value is -2.21. The number of anilines is 2. The van der Waals surface area contributed by atoms with Crippen molar-refractivity contribution in [1.82, 2.24) is 4.98 Å². The summed E-state index contributed by atoms with van der Waals surface area (Å²) in [6, 6.07) is 5.04. The number of rotatable bonds is 4. The van der Waals surface area contributed by atoms with Gasteiger partial charge in [0.1, 0.15) is 17.3 Å². The van der Waals surface area contributed by atoms with Crippen LogP contribution in [0.1, 0.15) is 17.3 Å². The molecule has 0 aliphatic heterocycles. The van der Waals surface area contributed by atoms with Crippen molar-refractivity contribution in [2.24, 2.45) is 0 Å². The van der Waals surface area contributed by atoms with Crippen LogP contribution < -0.4 is 10.6 Å². The van der Waals surface area contributed by atoms with Crippen LogP contribution >= 0.6 is 11.6 Å². The fourth-order valence-corrected chi connectivity index (χ4v) is 1.88. The van der Waals surface area contributed by atoms with Gasteiger partial charge in [0.15, 0.2) is 5.82 Å². The Morgan fingerprint density at radius 3 is 2.57 bits per heavy atom. The molecule has 2 N–H and O–H groups in total. The van der Waals surface area contributed by atoms with Crippen LogP contribution in [0.4, 0.5) is 20.3 Å². The van der Waals surface area contributed by atoms with Crippen molar-refractivity contribution in [3.05, 3.63) is 52.7 Å². The molecule has 0 unspecified atom stereocenters. The number of halogens is 3. The van der Waals surface area contributed by atoms with Crippen LogP contribution in [0, 0.1) is 11.6 Å². The number of aromatic nitrogens is 1. The van der Waals surface area contributed by atoms with Gasteiger partial charge in [0.25, 0.3) is 5.91 Å². The van der Waals surface area contributed by atoms with E-state index in [0.717, 1.165) is 12.1 Å². The van der Waals surface area contributed by atoms with E-state index in [-0.39, 0.29) is 22.1 Å². The van der Waals surface area contributed by atoms with E-state index in [1.54, 1.807) is 19.1 Å². The van der Waals surface area contributed by atoms with Crippen LogP contribution in [0.25, 0.3) is 0 Å². The summed E-state index contributed by atoms with van der Waals surface area (Å²) in [7, 11) is 0. The summed E-state index contributed by atoms with van der Waals surface area (Å²) in [4.78, 5) is 15.8. The Morgan fingerprint density at radius 1 is 1.33 bits per heavy atom. The molecule has 2 rings (SSSR count). The predicted molar refractivity (Wildman–Crippen MR) is 77.7 cm³/mol. The van der Waals surface area contributed by atoms with Gasteiger partial charge in [-0.1, -0.05) is 11.6 Å². The van der Waals surface area contributed by atoms with Gasteiger partial charge in [0, 0.05) is 18.3 Å². The summed E-state index contributed by atoms with van der Waals surface area (Å²) in [5, 5.41) is 5.18. The van der Waals surface area contributed by atoms with Gasteiger partial charge in [-0.3, -0.25) is 4.79 Å². The smallest absolute Gasteiger partial charge is 0.257 e. The van der Waals surface area contributed by atoms with Crippen molar-refractivity contribution in [2.45, 2.75) is 6.92 Å². The van der Waals surface area contributed by atoms with Crippen molar-refractivity contribution in [3.8, 4) is 0 Å². The summed E-state index contributed by atoms with van der Waals surface area (Å²) in [6.45, 7) is 2.07. The van der Waals surface area contributed by atoms with Gasteiger partial charge in [-0.15, -0.1) is 0 Å². The van der Waals surface area contributed by atoms with Crippen LogP contribution in [0.5, 0.6) is 0 Å². The summed E-state index contributed by atoms with van der Waals surface area (Å²) in [5.41, 5.74) is -0.418. The van der Waals surface area contributed by atoms with E-state index in [1.807, 2.05) is 0 Å². The normalized spacial score (nSPS) is 10.3. The largest absolute Gasteiger partial charge is 0.381 e. The minimum absolute atomic E-state index is 0.126. The SMILES string of the molecule is CCNc1c(F)cc(C(=O)Nc2ncccc2Cl)cc1F. The third-order valence-electron chi connectivity index (χ3n) is 2.65. The topological polar surface area (TPSA) is 54.0 Å². The number of amides is 1. The lowest BCUT2D eigenvalue weighted by molar-refractivity contribution is 0.102. The Morgan fingerprint density at radius 2 is 2.00 bits per heavy atom. The third-order valence-corrected chi connectivity index (χ3v) is 2.95. The second-order valence-electron chi connectivity index (χ2n) is 4.13. The quantitative estimate of drug-likeness (QED) is 0.905. The number of hydrogen-bond donors (Lipinski definition) is 2. The molecule has 1 amide bonds. The predicted octanol–water partition coefficient (Wildman–Crippen LogP) is 3.70. The van der Waals surface area contributed by atoms with E-state index in [2.05, 4.69) is 15.6 Å². The maximum absolute atomic E-state index is 13.8. The van der Waals surface area contributed by atoms with Crippen molar-refractivity contribution < 1.29 is 13.6 Å². The van der Waals surface area contributed by atoms with Crippen LogP contribution in [-0.4, -0.2) is 17.4 Å². The van der Waals surface area contributed by atoms with Gasteiger partial charge in [0.2, 0.25) is 0 Å². The Labute approximate surface area is 125 Å². The summed E-state index contributed by atoms with van der Waals surface area (Å²) >= 11 is 5.85.